The molecule has 3 aromatic rings. The second-order valence-electron chi connectivity index (χ2n) is 10.7. The molecule has 1 aromatic carbocycles. The number of nitrogens with zero attached hydrogens (tertiary/aromatic N) is 5. The van der Waals surface area contributed by atoms with Gasteiger partial charge in [-0.05, 0) is 65.4 Å². The third-order valence-corrected chi connectivity index (χ3v) is 7.62. The number of rotatable bonds is 5. The van der Waals surface area contributed by atoms with Crippen LogP contribution in [0.1, 0.15) is 68.4 Å². The number of carbonyl (C=O) groups excluding carboxylic acids is 2. The summed E-state index contributed by atoms with van der Waals surface area (Å²) in [5, 5.41) is 19.1. The molecule has 5 rings (SSSR count). The molecular formula is C27H34N6O3. The standard InChI is InChI=1S/C27H34N6O3/c1-17-21-7-4-5-8-22(21)33(31-17)26-28-15-19(16-29-26)24(34)30-20-12-10-18(11-13-20)25(35)32-14-6-9-23(32)27(2,3)36/h4-5,7-8,15-16,18,20,23,36H,6,9-14H2,1-3H3,(H,30,34)/t18?,20?,23-/m1/s1. The van der Waals surface area contributed by atoms with Crippen LogP contribution >= 0.6 is 0 Å². The number of hydrogen-bond acceptors (Lipinski definition) is 6. The van der Waals surface area contributed by atoms with Crippen molar-refractivity contribution in [1.29, 1.82) is 0 Å². The van der Waals surface area contributed by atoms with Gasteiger partial charge in [0.1, 0.15) is 0 Å². The Balaban J connectivity index is 1.18. The lowest BCUT2D eigenvalue weighted by Gasteiger charge is -2.37. The summed E-state index contributed by atoms with van der Waals surface area (Å²) in [6.07, 6.45) is 7.81. The number of nitrogens with one attached hydrogen (secondary N) is 1. The topological polar surface area (TPSA) is 113 Å². The molecule has 0 radical (unpaired) electrons. The summed E-state index contributed by atoms with van der Waals surface area (Å²) in [4.78, 5) is 36.6. The Hall–Kier alpha value is -3.33. The van der Waals surface area contributed by atoms with Crippen molar-refractivity contribution in [3.8, 4) is 5.95 Å². The van der Waals surface area contributed by atoms with Crippen LogP contribution in [0.3, 0.4) is 0 Å². The van der Waals surface area contributed by atoms with E-state index in [1.54, 1.807) is 18.5 Å². The van der Waals surface area contributed by atoms with Crippen LogP contribution in [0, 0.1) is 12.8 Å². The molecule has 3 heterocycles. The molecule has 9 heteroatoms. The van der Waals surface area contributed by atoms with Crippen molar-refractivity contribution < 1.29 is 14.7 Å². The molecule has 1 saturated carbocycles. The molecule has 2 aliphatic rings. The molecule has 0 unspecified atom stereocenters. The normalized spacial score (nSPS) is 22.7. The molecule has 0 bridgehead atoms. The van der Waals surface area contributed by atoms with Gasteiger partial charge in [0.2, 0.25) is 5.91 Å². The van der Waals surface area contributed by atoms with Crippen LogP contribution in [0.4, 0.5) is 0 Å². The van der Waals surface area contributed by atoms with Gasteiger partial charge in [0, 0.05) is 36.3 Å². The van der Waals surface area contributed by atoms with Gasteiger partial charge in [-0.3, -0.25) is 9.59 Å². The van der Waals surface area contributed by atoms with Crippen molar-refractivity contribution in [1.82, 2.24) is 30.0 Å². The molecule has 9 nitrogen and oxygen atoms in total. The van der Waals surface area contributed by atoms with E-state index in [1.807, 2.05) is 36.1 Å². The van der Waals surface area contributed by atoms with E-state index in [9.17, 15) is 14.7 Å². The highest BCUT2D eigenvalue weighted by Crippen LogP contribution is 2.32. The van der Waals surface area contributed by atoms with Gasteiger partial charge in [-0.15, -0.1) is 0 Å². The van der Waals surface area contributed by atoms with E-state index in [1.165, 1.54) is 12.4 Å². The number of aliphatic hydroxyl groups is 1. The highest BCUT2D eigenvalue weighted by atomic mass is 16.3. The van der Waals surface area contributed by atoms with Crippen LogP contribution in [-0.2, 0) is 4.79 Å². The number of amides is 2. The number of aromatic nitrogens is 4. The van der Waals surface area contributed by atoms with Crippen molar-refractivity contribution in [2.45, 2.75) is 77.0 Å². The number of aryl methyl sites for hydroxylation is 1. The molecule has 1 aliphatic heterocycles. The Bertz CT molecular complexity index is 1250. The van der Waals surface area contributed by atoms with E-state index >= 15 is 0 Å². The van der Waals surface area contributed by atoms with Gasteiger partial charge in [0.25, 0.3) is 11.9 Å². The molecule has 1 aliphatic carbocycles. The Kier molecular flexibility index (Phi) is 6.51. The predicted molar refractivity (Wildman–Crippen MR) is 136 cm³/mol. The number of fused-ring (bicyclic) bond motifs is 1. The summed E-state index contributed by atoms with van der Waals surface area (Å²) in [6.45, 7) is 6.22. The van der Waals surface area contributed by atoms with E-state index < -0.39 is 5.60 Å². The Labute approximate surface area is 210 Å². The molecule has 36 heavy (non-hydrogen) atoms. The minimum atomic E-state index is -0.891. The monoisotopic (exact) mass is 490 g/mol. The van der Waals surface area contributed by atoms with Gasteiger partial charge in [0.15, 0.2) is 0 Å². The fraction of sp³-hybridized carbons (Fsp3) is 0.519. The minimum absolute atomic E-state index is 0.0163. The van der Waals surface area contributed by atoms with Crippen LogP contribution in [0.5, 0.6) is 0 Å². The summed E-state index contributed by atoms with van der Waals surface area (Å²) in [5.41, 5.74) is 1.32. The first-order valence-electron chi connectivity index (χ1n) is 12.8. The third kappa shape index (κ3) is 4.72. The number of benzene rings is 1. The number of carbonyl (C=O) groups is 2. The van der Waals surface area contributed by atoms with Crippen molar-refractivity contribution in [3.63, 3.8) is 0 Å². The van der Waals surface area contributed by atoms with Crippen LogP contribution in [0.25, 0.3) is 16.9 Å². The summed E-state index contributed by atoms with van der Waals surface area (Å²) in [7, 11) is 0. The summed E-state index contributed by atoms with van der Waals surface area (Å²) >= 11 is 0. The zero-order valence-electron chi connectivity index (χ0n) is 21.1. The SMILES string of the molecule is Cc1nn(-c2ncc(C(=O)NC3CCC(C(=O)N4CCC[C@@H]4C(C)(C)O)CC3)cn2)c2ccccc12. The van der Waals surface area contributed by atoms with Crippen LogP contribution < -0.4 is 5.32 Å². The molecule has 2 N–H and O–H groups in total. The summed E-state index contributed by atoms with van der Waals surface area (Å²) in [6, 6.07) is 7.79. The number of hydrogen-bond donors (Lipinski definition) is 2. The molecular weight excluding hydrogens is 456 g/mol. The van der Waals surface area contributed by atoms with Gasteiger partial charge in [-0.1, -0.05) is 18.2 Å². The molecule has 190 valence electrons. The zero-order valence-corrected chi connectivity index (χ0v) is 21.1. The van der Waals surface area contributed by atoms with Crippen molar-refractivity contribution in [2.24, 2.45) is 5.92 Å². The van der Waals surface area contributed by atoms with Crippen LogP contribution in [-0.4, -0.2) is 65.8 Å². The molecule has 2 fully saturated rings. The van der Waals surface area contributed by atoms with Gasteiger partial charge in [-0.2, -0.15) is 9.78 Å². The fourth-order valence-corrected chi connectivity index (χ4v) is 5.68. The zero-order chi connectivity index (χ0) is 25.4. The lowest BCUT2D eigenvalue weighted by atomic mass is 9.84. The molecule has 2 amide bonds. The maximum Gasteiger partial charge on any atom is 0.254 e. The second-order valence-corrected chi connectivity index (χ2v) is 10.7. The Morgan fingerprint density at radius 3 is 2.44 bits per heavy atom. The lowest BCUT2D eigenvalue weighted by molar-refractivity contribution is -0.142. The number of likely N-dealkylation sites (tertiary alicyclic amines) is 1. The first kappa shape index (κ1) is 24.4. The molecule has 1 saturated heterocycles. The van der Waals surface area contributed by atoms with E-state index in [0.717, 1.165) is 55.1 Å². The van der Waals surface area contributed by atoms with E-state index in [-0.39, 0.29) is 29.8 Å². The molecule has 1 atom stereocenters. The average molecular weight is 491 g/mol. The van der Waals surface area contributed by atoms with Gasteiger partial charge in [-0.25, -0.2) is 9.97 Å². The predicted octanol–water partition coefficient (Wildman–Crippen LogP) is 3.17. The maximum absolute atomic E-state index is 13.1. The highest BCUT2D eigenvalue weighted by Gasteiger charge is 2.41. The van der Waals surface area contributed by atoms with Gasteiger partial charge in [0.05, 0.1) is 28.4 Å². The largest absolute Gasteiger partial charge is 0.388 e. The Morgan fingerprint density at radius 1 is 1.06 bits per heavy atom. The summed E-state index contributed by atoms with van der Waals surface area (Å²) < 4.78 is 1.69. The maximum atomic E-state index is 13.1. The van der Waals surface area contributed by atoms with Crippen molar-refractivity contribution >= 4 is 22.7 Å². The summed E-state index contributed by atoms with van der Waals surface area (Å²) in [5.74, 6) is 0.312. The lowest BCUT2D eigenvalue weighted by Crippen LogP contribution is -2.50. The number of para-hydroxylation sites is 1. The fourth-order valence-electron chi connectivity index (χ4n) is 5.68. The molecule has 0 spiro atoms. The minimum Gasteiger partial charge on any atom is -0.388 e. The first-order valence-corrected chi connectivity index (χ1v) is 12.8. The smallest absolute Gasteiger partial charge is 0.254 e. The van der Waals surface area contributed by atoms with Crippen molar-refractivity contribution in [2.75, 3.05) is 6.54 Å². The van der Waals surface area contributed by atoms with Crippen LogP contribution in [0.15, 0.2) is 36.7 Å². The van der Waals surface area contributed by atoms with Crippen molar-refractivity contribution in [3.05, 3.63) is 47.9 Å². The third-order valence-electron chi connectivity index (χ3n) is 7.62. The van der Waals surface area contributed by atoms with Gasteiger partial charge >= 0.3 is 0 Å². The first-order chi connectivity index (χ1) is 17.2. The van der Waals surface area contributed by atoms with Gasteiger partial charge < -0.3 is 15.3 Å². The van der Waals surface area contributed by atoms with E-state index in [2.05, 4.69) is 20.4 Å². The van der Waals surface area contributed by atoms with E-state index in [0.29, 0.717) is 18.1 Å². The van der Waals surface area contributed by atoms with Crippen LogP contribution in [0.2, 0.25) is 0 Å². The van der Waals surface area contributed by atoms with E-state index in [4.69, 9.17) is 0 Å². The highest BCUT2D eigenvalue weighted by molar-refractivity contribution is 5.94. The quantitative estimate of drug-likeness (QED) is 0.568. The molecule has 2 aromatic heterocycles. The Morgan fingerprint density at radius 2 is 1.75 bits per heavy atom. The second kappa shape index (κ2) is 9.61. The average Bonchev–Trinajstić information content (AvgIpc) is 3.50.